The van der Waals surface area contributed by atoms with Gasteiger partial charge in [0.05, 0.1) is 30.9 Å². The quantitative estimate of drug-likeness (QED) is 0.309. The largest absolute Gasteiger partial charge is 0.494 e. The molecule has 0 aliphatic rings. The maximum Gasteiger partial charge on any atom is 0.247 e. The van der Waals surface area contributed by atoms with E-state index in [-0.39, 0.29) is 5.95 Å². The molecule has 1 amide bonds. The molecular formula is C26H26FN7O3. The smallest absolute Gasteiger partial charge is 0.247 e. The Balaban J connectivity index is 1.72. The molecule has 4 aromatic rings. The number of likely N-dealkylation sites (N-methyl/N-ethyl adjacent to an activating group) is 1. The third-order valence-corrected chi connectivity index (χ3v) is 5.28. The molecule has 0 spiro atoms. The number of aromatic nitrogens is 4. The molecule has 0 saturated heterocycles. The lowest BCUT2D eigenvalue weighted by molar-refractivity contribution is -0.111. The Morgan fingerprint density at radius 3 is 2.70 bits per heavy atom. The van der Waals surface area contributed by atoms with Crippen molar-refractivity contribution in [3.8, 4) is 22.6 Å². The van der Waals surface area contributed by atoms with Crippen molar-refractivity contribution in [1.82, 2.24) is 24.8 Å². The van der Waals surface area contributed by atoms with E-state index < -0.39 is 11.7 Å². The minimum absolute atomic E-state index is 0.242. The predicted molar refractivity (Wildman–Crippen MR) is 140 cm³/mol. The van der Waals surface area contributed by atoms with Gasteiger partial charge < -0.3 is 25.0 Å². The van der Waals surface area contributed by atoms with Crippen LogP contribution in [0.5, 0.6) is 11.5 Å². The van der Waals surface area contributed by atoms with Crippen molar-refractivity contribution in [2.75, 3.05) is 45.0 Å². The van der Waals surface area contributed by atoms with Crippen LogP contribution in [0.15, 0.2) is 61.7 Å². The number of hydrogen-bond acceptors (Lipinski definition) is 9. The number of amides is 1. The molecule has 0 bridgehead atoms. The maximum atomic E-state index is 13.8. The summed E-state index contributed by atoms with van der Waals surface area (Å²) in [6.45, 7) is 4.59. The number of nitrogens with zero attached hydrogens (tertiary/aromatic N) is 5. The molecule has 0 unspecified atom stereocenters. The van der Waals surface area contributed by atoms with Gasteiger partial charge in [0, 0.05) is 36.1 Å². The molecule has 10 nitrogen and oxygen atoms in total. The van der Waals surface area contributed by atoms with Crippen LogP contribution < -0.4 is 20.1 Å². The van der Waals surface area contributed by atoms with Crippen molar-refractivity contribution >= 4 is 34.3 Å². The summed E-state index contributed by atoms with van der Waals surface area (Å²) in [5.74, 6) is 0.271. The number of fused-ring (bicyclic) bond motifs is 1. The van der Waals surface area contributed by atoms with E-state index in [4.69, 9.17) is 9.47 Å². The number of anilines is 3. The summed E-state index contributed by atoms with van der Waals surface area (Å²) < 4.78 is 25.3. The first-order valence-electron chi connectivity index (χ1n) is 11.3. The van der Waals surface area contributed by atoms with Gasteiger partial charge in [-0.1, -0.05) is 6.58 Å². The highest BCUT2D eigenvalue weighted by Crippen LogP contribution is 2.38. The van der Waals surface area contributed by atoms with E-state index in [9.17, 15) is 9.18 Å². The first kappa shape index (κ1) is 25.5. The lowest BCUT2D eigenvalue weighted by atomic mass is 10.1. The lowest BCUT2D eigenvalue weighted by Gasteiger charge is -2.18. The van der Waals surface area contributed by atoms with E-state index >= 15 is 0 Å². The summed E-state index contributed by atoms with van der Waals surface area (Å²) >= 11 is 0. The lowest BCUT2D eigenvalue weighted by Crippen LogP contribution is -2.20. The molecule has 0 radical (unpaired) electrons. The van der Waals surface area contributed by atoms with Crippen LogP contribution >= 0.6 is 0 Å². The van der Waals surface area contributed by atoms with Crippen LogP contribution in [0.3, 0.4) is 0 Å². The summed E-state index contributed by atoms with van der Waals surface area (Å²) in [5.41, 5.74) is 3.15. The molecule has 2 N–H and O–H groups in total. The zero-order valence-electron chi connectivity index (χ0n) is 20.7. The molecule has 4 rings (SSSR count). The van der Waals surface area contributed by atoms with Gasteiger partial charge in [0.25, 0.3) is 0 Å². The Hall–Kier alpha value is -4.64. The molecule has 11 heteroatoms. The Morgan fingerprint density at radius 1 is 1.14 bits per heavy atom. The summed E-state index contributed by atoms with van der Waals surface area (Å²) in [7, 11) is 5.39. The second kappa shape index (κ2) is 11.4. The van der Waals surface area contributed by atoms with Crippen molar-refractivity contribution in [2.45, 2.75) is 0 Å². The van der Waals surface area contributed by atoms with Crippen LogP contribution in [0.25, 0.3) is 22.2 Å². The molecule has 0 atom stereocenters. The zero-order valence-corrected chi connectivity index (χ0v) is 20.7. The second-order valence-electron chi connectivity index (χ2n) is 8.20. The third-order valence-electron chi connectivity index (χ3n) is 5.28. The molecule has 3 heterocycles. The van der Waals surface area contributed by atoms with Gasteiger partial charge in [-0.2, -0.15) is 0 Å². The van der Waals surface area contributed by atoms with E-state index in [1.807, 2.05) is 19.0 Å². The third kappa shape index (κ3) is 6.14. The van der Waals surface area contributed by atoms with Gasteiger partial charge in [-0.15, -0.1) is 0 Å². The average Bonchev–Trinajstić information content (AvgIpc) is 2.89. The fourth-order valence-corrected chi connectivity index (χ4v) is 3.48. The van der Waals surface area contributed by atoms with Crippen LogP contribution in [-0.4, -0.2) is 65.1 Å². The number of nitrogens with one attached hydrogen (secondary N) is 2. The number of pyridine rings is 2. The van der Waals surface area contributed by atoms with E-state index in [0.717, 1.165) is 6.20 Å². The van der Waals surface area contributed by atoms with Crippen LogP contribution in [0.1, 0.15) is 0 Å². The Labute approximate surface area is 213 Å². The van der Waals surface area contributed by atoms with Gasteiger partial charge in [-0.25, -0.2) is 14.4 Å². The molecule has 0 aliphatic carbocycles. The normalized spacial score (nSPS) is 10.8. The number of benzene rings is 1. The molecule has 190 valence electrons. The number of carbonyl (C=O) groups is 1. The zero-order chi connectivity index (χ0) is 26.4. The van der Waals surface area contributed by atoms with E-state index in [0.29, 0.717) is 58.2 Å². The first-order chi connectivity index (χ1) is 17.9. The molecular weight excluding hydrogens is 477 g/mol. The van der Waals surface area contributed by atoms with Gasteiger partial charge in [0.15, 0.2) is 0 Å². The Bertz CT molecular complexity index is 1450. The minimum Gasteiger partial charge on any atom is -0.494 e. The van der Waals surface area contributed by atoms with Crippen LogP contribution in [0.4, 0.5) is 21.7 Å². The minimum atomic E-state index is -0.457. The van der Waals surface area contributed by atoms with Gasteiger partial charge in [-0.05, 0) is 38.4 Å². The van der Waals surface area contributed by atoms with Crippen molar-refractivity contribution in [3.63, 3.8) is 0 Å². The molecule has 0 aliphatic heterocycles. The highest BCUT2D eigenvalue weighted by atomic mass is 19.1. The maximum absolute atomic E-state index is 13.8. The highest BCUT2D eigenvalue weighted by Gasteiger charge is 2.16. The molecule has 3 aromatic heterocycles. The van der Waals surface area contributed by atoms with Crippen molar-refractivity contribution in [2.24, 2.45) is 0 Å². The monoisotopic (exact) mass is 503 g/mol. The fourth-order valence-electron chi connectivity index (χ4n) is 3.48. The molecule has 37 heavy (non-hydrogen) atoms. The summed E-state index contributed by atoms with van der Waals surface area (Å²) in [6, 6.07) is 6.45. The van der Waals surface area contributed by atoms with Crippen molar-refractivity contribution in [3.05, 3.63) is 67.5 Å². The van der Waals surface area contributed by atoms with E-state index in [1.54, 1.807) is 36.8 Å². The number of rotatable bonds is 10. The van der Waals surface area contributed by atoms with Crippen LogP contribution in [0, 0.1) is 5.82 Å². The highest BCUT2D eigenvalue weighted by molar-refractivity contribution is 6.00. The average molecular weight is 504 g/mol. The molecule has 0 fully saturated rings. The summed E-state index contributed by atoms with van der Waals surface area (Å²) in [6.07, 6.45) is 7.03. The van der Waals surface area contributed by atoms with Crippen molar-refractivity contribution in [1.29, 1.82) is 0 Å². The molecule has 0 saturated carbocycles. The summed E-state index contributed by atoms with van der Waals surface area (Å²) in [4.78, 5) is 31.3. The first-order valence-corrected chi connectivity index (χ1v) is 11.3. The standard InChI is InChI=1S/C26H26FN7O3/c1-5-24(35)31-20-11-19(22(36-4)12-23(20)37-9-8-34(2)3)32-26-30-15-21-25(33-26)18(6-7-29-21)16-10-17(27)14-28-13-16/h5-7,10-15H,1,8-9H2,2-4H3,(H,31,35)(H,30,32,33). The number of hydrogen-bond donors (Lipinski definition) is 2. The Kier molecular flexibility index (Phi) is 7.84. The fraction of sp³-hybridized carbons (Fsp3) is 0.192. The van der Waals surface area contributed by atoms with E-state index in [2.05, 4.69) is 37.1 Å². The van der Waals surface area contributed by atoms with Crippen LogP contribution in [-0.2, 0) is 4.79 Å². The van der Waals surface area contributed by atoms with Gasteiger partial charge >= 0.3 is 0 Å². The Morgan fingerprint density at radius 2 is 1.97 bits per heavy atom. The van der Waals surface area contributed by atoms with Crippen molar-refractivity contribution < 1.29 is 18.7 Å². The topological polar surface area (TPSA) is 114 Å². The van der Waals surface area contributed by atoms with Crippen LogP contribution in [0.2, 0.25) is 0 Å². The molecule has 1 aromatic carbocycles. The second-order valence-corrected chi connectivity index (χ2v) is 8.20. The number of halogens is 1. The summed E-state index contributed by atoms with van der Waals surface area (Å²) in [5, 5.41) is 5.89. The van der Waals surface area contributed by atoms with E-state index in [1.165, 1.54) is 19.3 Å². The predicted octanol–water partition coefficient (Wildman–Crippen LogP) is 4.04. The number of carbonyl (C=O) groups excluding carboxylic acids is 1. The number of methoxy groups -OCH3 is 1. The SMILES string of the molecule is C=CC(=O)Nc1cc(Nc2ncc3nccc(-c4cncc(F)c4)c3n2)c(OC)cc1OCCN(C)C. The van der Waals surface area contributed by atoms with Gasteiger partial charge in [0.2, 0.25) is 11.9 Å². The van der Waals surface area contributed by atoms with Gasteiger partial charge in [-0.3, -0.25) is 14.8 Å². The van der Waals surface area contributed by atoms with Gasteiger partial charge in [0.1, 0.15) is 35.0 Å². The number of ether oxygens (including phenoxy) is 2.